The Balaban J connectivity index is 2.33. The van der Waals surface area contributed by atoms with Crippen molar-refractivity contribution in [3.63, 3.8) is 0 Å². The van der Waals surface area contributed by atoms with E-state index in [1.54, 1.807) is 4.90 Å². The maximum Gasteiger partial charge on any atom is 0.170 e. The van der Waals surface area contributed by atoms with Crippen LogP contribution in [-0.4, -0.2) is 12.2 Å². The molecule has 1 heterocycles. The maximum atomic E-state index is 5.54. The highest BCUT2D eigenvalue weighted by Crippen LogP contribution is 2.24. The number of rotatable bonds is 1. The molecular weight excluding hydrogens is 196 g/mol. The minimum atomic E-state index is 0.379. The third kappa shape index (κ3) is 1.58. The highest BCUT2D eigenvalue weighted by Gasteiger charge is 2.13. The zero-order valence-electron chi connectivity index (χ0n) is 7.99. The molecule has 0 aliphatic carbocycles. The Morgan fingerprint density at radius 3 is 2.86 bits per heavy atom. The number of benzene rings is 1. The van der Waals surface area contributed by atoms with Gasteiger partial charge in [0.15, 0.2) is 5.11 Å². The van der Waals surface area contributed by atoms with E-state index in [0.29, 0.717) is 18.3 Å². The molecule has 2 rings (SSSR count). The zero-order valence-corrected chi connectivity index (χ0v) is 8.80. The molecule has 0 saturated heterocycles. The van der Waals surface area contributed by atoms with E-state index in [4.69, 9.17) is 22.7 Å². The van der Waals surface area contributed by atoms with Gasteiger partial charge in [0.05, 0.1) is 13.2 Å². The van der Waals surface area contributed by atoms with Gasteiger partial charge in [0.1, 0.15) is 0 Å². The van der Waals surface area contributed by atoms with Crippen LogP contribution in [0.1, 0.15) is 11.1 Å². The van der Waals surface area contributed by atoms with Crippen molar-refractivity contribution in [2.75, 3.05) is 11.9 Å². The summed E-state index contributed by atoms with van der Waals surface area (Å²) in [5.74, 6) is 0. The van der Waals surface area contributed by atoms with Crippen molar-refractivity contribution in [2.45, 2.75) is 13.2 Å². The molecule has 0 saturated carbocycles. The predicted octanol–water partition coefficient (Wildman–Crippen LogP) is 1.40. The lowest BCUT2D eigenvalue weighted by atomic mass is 10.1. The summed E-state index contributed by atoms with van der Waals surface area (Å²) in [6.07, 6.45) is 0. The van der Waals surface area contributed by atoms with Gasteiger partial charge in [-0.25, -0.2) is 0 Å². The lowest BCUT2D eigenvalue weighted by Crippen LogP contribution is -2.31. The summed E-state index contributed by atoms with van der Waals surface area (Å²) in [5, 5.41) is 0.379. The van der Waals surface area contributed by atoms with E-state index in [9.17, 15) is 0 Å². The lowest BCUT2D eigenvalue weighted by Gasteiger charge is -2.17. The molecule has 1 aromatic carbocycles. The predicted molar refractivity (Wildman–Crippen MR) is 60.1 cm³/mol. The molecule has 1 aliphatic rings. The standard InChI is InChI=1S/C10H12N2OS/c1-12(10(11)14)9-3-2-7-5-13-6-8(7)4-9/h2-4H,5-6H2,1H3,(H2,11,14). The fourth-order valence-electron chi connectivity index (χ4n) is 1.49. The number of nitrogens with two attached hydrogens (primary N) is 1. The van der Waals surface area contributed by atoms with Gasteiger partial charge in [0, 0.05) is 12.7 Å². The molecule has 0 atom stereocenters. The number of nitrogens with zero attached hydrogens (tertiary/aromatic N) is 1. The average Bonchev–Trinajstić information content (AvgIpc) is 2.62. The van der Waals surface area contributed by atoms with Gasteiger partial charge < -0.3 is 15.4 Å². The minimum Gasteiger partial charge on any atom is -0.376 e. The Kier molecular flexibility index (Phi) is 2.39. The molecule has 1 aromatic rings. The number of fused-ring (bicyclic) bond motifs is 1. The highest BCUT2D eigenvalue weighted by atomic mass is 32.1. The molecule has 0 unspecified atom stereocenters. The minimum absolute atomic E-state index is 0.379. The molecule has 0 bridgehead atoms. The molecule has 1 aliphatic heterocycles. The van der Waals surface area contributed by atoms with E-state index in [2.05, 4.69) is 12.1 Å². The van der Waals surface area contributed by atoms with Gasteiger partial charge in [-0.05, 0) is 35.5 Å². The Hall–Kier alpha value is -1.13. The second-order valence-electron chi connectivity index (χ2n) is 3.34. The van der Waals surface area contributed by atoms with Crippen LogP contribution in [0.2, 0.25) is 0 Å². The first-order valence-corrected chi connectivity index (χ1v) is 4.82. The normalized spacial score (nSPS) is 13.8. The van der Waals surface area contributed by atoms with Gasteiger partial charge in [-0.2, -0.15) is 0 Å². The first-order valence-electron chi connectivity index (χ1n) is 4.41. The molecule has 0 aromatic heterocycles. The van der Waals surface area contributed by atoms with Crippen LogP contribution in [0.3, 0.4) is 0 Å². The molecule has 14 heavy (non-hydrogen) atoms. The fourth-order valence-corrected chi connectivity index (χ4v) is 1.60. The molecule has 0 spiro atoms. The van der Waals surface area contributed by atoms with Crippen LogP contribution in [-0.2, 0) is 18.0 Å². The number of hydrogen-bond acceptors (Lipinski definition) is 2. The SMILES string of the molecule is CN(C(N)=S)c1ccc2c(c1)COC2. The monoisotopic (exact) mass is 208 g/mol. The Morgan fingerprint density at radius 1 is 1.43 bits per heavy atom. The molecule has 0 amide bonds. The quantitative estimate of drug-likeness (QED) is 0.708. The summed E-state index contributed by atoms with van der Waals surface area (Å²) in [7, 11) is 1.86. The first kappa shape index (κ1) is 9.43. The van der Waals surface area contributed by atoms with Crippen molar-refractivity contribution in [1.82, 2.24) is 0 Å². The molecule has 74 valence electrons. The Bertz CT molecular complexity index is 378. The number of thiocarbonyl (C=S) groups is 1. The van der Waals surface area contributed by atoms with Crippen LogP contribution in [0.4, 0.5) is 5.69 Å². The van der Waals surface area contributed by atoms with E-state index >= 15 is 0 Å². The van der Waals surface area contributed by atoms with Gasteiger partial charge in [-0.1, -0.05) is 6.07 Å². The summed E-state index contributed by atoms with van der Waals surface area (Å²) in [4.78, 5) is 1.79. The maximum absolute atomic E-state index is 5.54. The van der Waals surface area contributed by atoms with Gasteiger partial charge in [-0.3, -0.25) is 0 Å². The summed E-state index contributed by atoms with van der Waals surface area (Å²) in [6.45, 7) is 1.40. The van der Waals surface area contributed by atoms with E-state index < -0.39 is 0 Å². The van der Waals surface area contributed by atoms with Crippen LogP contribution in [0, 0.1) is 0 Å². The van der Waals surface area contributed by atoms with Crippen molar-refractivity contribution >= 4 is 23.0 Å². The van der Waals surface area contributed by atoms with Crippen LogP contribution in [0.15, 0.2) is 18.2 Å². The Labute approximate surface area is 88.5 Å². The van der Waals surface area contributed by atoms with E-state index in [1.807, 2.05) is 13.1 Å². The summed E-state index contributed by atoms with van der Waals surface area (Å²) in [5.41, 5.74) is 9.04. The Morgan fingerprint density at radius 2 is 2.14 bits per heavy atom. The summed E-state index contributed by atoms with van der Waals surface area (Å²) >= 11 is 4.90. The van der Waals surface area contributed by atoms with Crippen molar-refractivity contribution in [3.8, 4) is 0 Å². The number of anilines is 1. The lowest BCUT2D eigenvalue weighted by molar-refractivity contribution is 0.134. The topological polar surface area (TPSA) is 38.5 Å². The van der Waals surface area contributed by atoms with Crippen LogP contribution in [0.25, 0.3) is 0 Å². The van der Waals surface area contributed by atoms with E-state index in [1.165, 1.54) is 11.1 Å². The molecule has 0 radical (unpaired) electrons. The molecule has 2 N–H and O–H groups in total. The van der Waals surface area contributed by atoms with E-state index in [-0.39, 0.29) is 0 Å². The van der Waals surface area contributed by atoms with Gasteiger partial charge >= 0.3 is 0 Å². The summed E-state index contributed by atoms with van der Waals surface area (Å²) in [6, 6.07) is 6.14. The molecule has 4 heteroatoms. The smallest absolute Gasteiger partial charge is 0.170 e. The third-order valence-electron chi connectivity index (χ3n) is 2.42. The second kappa shape index (κ2) is 3.55. The van der Waals surface area contributed by atoms with Crippen LogP contribution >= 0.6 is 12.2 Å². The van der Waals surface area contributed by atoms with Crippen LogP contribution in [0.5, 0.6) is 0 Å². The first-order chi connectivity index (χ1) is 6.68. The third-order valence-corrected chi connectivity index (χ3v) is 2.70. The van der Waals surface area contributed by atoms with Crippen molar-refractivity contribution in [1.29, 1.82) is 0 Å². The number of ether oxygens (including phenoxy) is 1. The van der Waals surface area contributed by atoms with Crippen LogP contribution < -0.4 is 10.6 Å². The fraction of sp³-hybridized carbons (Fsp3) is 0.300. The van der Waals surface area contributed by atoms with Gasteiger partial charge in [0.25, 0.3) is 0 Å². The summed E-state index contributed by atoms with van der Waals surface area (Å²) < 4.78 is 5.33. The average molecular weight is 208 g/mol. The highest BCUT2D eigenvalue weighted by molar-refractivity contribution is 7.80. The molecular formula is C10H12N2OS. The molecule has 0 fully saturated rings. The van der Waals surface area contributed by atoms with Gasteiger partial charge in [0.2, 0.25) is 0 Å². The van der Waals surface area contributed by atoms with Crippen molar-refractivity contribution < 1.29 is 4.74 Å². The molecule has 3 nitrogen and oxygen atoms in total. The zero-order chi connectivity index (χ0) is 10.1. The van der Waals surface area contributed by atoms with Gasteiger partial charge in [-0.15, -0.1) is 0 Å². The number of hydrogen-bond donors (Lipinski definition) is 1. The van der Waals surface area contributed by atoms with E-state index in [0.717, 1.165) is 5.69 Å². The van der Waals surface area contributed by atoms with Crippen molar-refractivity contribution in [2.24, 2.45) is 5.73 Å². The van der Waals surface area contributed by atoms with Crippen molar-refractivity contribution in [3.05, 3.63) is 29.3 Å². The second-order valence-corrected chi connectivity index (χ2v) is 3.76. The largest absolute Gasteiger partial charge is 0.376 e.